The molecule has 1 rings (SSSR count). The lowest BCUT2D eigenvalue weighted by molar-refractivity contribution is -0.274. The zero-order valence-electron chi connectivity index (χ0n) is 8.25. The van der Waals surface area contributed by atoms with Gasteiger partial charge in [0.2, 0.25) is 0 Å². The number of halogens is 4. The van der Waals surface area contributed by atoms with Gasteiger partial charge in [-0.05, 0) is 18.2 Å². The summed E-state index contributed by atoms with van der Waals surface area (Å²) in [5.74, 6) is -1.93. The molecule has 1 aromatic carbocycles. The van der Waals surface area contributed by atoms with Crippen molar-refractivity contribution >= 4 is 23.7 Å². The van der Waals surface area contributed by atoms with E-state index in [2.05, 4.69) is 4.74 Å². The van der Waals surface area contributed by atoms with E-state index < -0.39 is 23.8 Å². The number of aldehydes is 1. The lowest BCUT2D eigenvalue weighted by Gasteiger charge is -2.12. The minimum atomic E-state index is -4.91. The first-order valence-corrected chi connectivity index (χ1v) is 4.85. The van der Waals surface area contributed by atoms with Gasteiger partial charge in [-0.15, -0.1) is 24.8 Å². The van der Waals surface area contributed by atoms with Crippen LogP contribution in [0.15, 0.2) is 18.2 Å². The Morgan fingerprint density at radius 2 is 2.06 bits per heavy atom. The van der Waals surface area contributed by atoms with Crippen molar-refractivity contribution in [3.8, 4) is 5.75 Å². The molecule has 17 heavy (non-hydrogen) atoms. The molecular weight excluding hydrogens is 261 g/mol. The maximum atomic E-state index is 12.0. The third-order valence-electron chi connectivity index (χ3n) is 1.79. The fourth-order valence-electron chi connectivity index (χ4n) is 1.12. The van der Waals surface area contributed by atoms with Crippen LogP contribution in [-0.2, 0) is 0 Å². The second kappa shape index (κ2) is 5.18. The number of ketones is 1. The van der Waals surface area contributed by atoms with Crippen LogP contribution in [0.3, 0.4) is 0 Å². The molecule has 0 aliphatic heterocycles. The molecule has 0 atom stereocenters. The Balaban J connectivity index is 3.20. The van der Waals surface area contributed by atoms with E-state index in [1.165, 1.54) is 0 Å². The first kappa shape index (κ1) is 13.5. The fourth-order valence-corrected chi connectivity index (χ4v) is 1.27. The van der Waals surface area contributed by atoms with Gasteiger partial charge in [0, 0.05) is 5.56 Å². The van der Waals surface area contributed by atoms with Crippen LogP contribution >= 0.6 is 11.6 Å². The van der Waals surface area contributed by atoms with Crippen LogP contribution in [0.5, 0.6) is 5.75 Å². The Labute approximate surface area is 99.1 Å². The van der Waals surface area contributed by atoms with Crippen LogP contribution in [0.4, 0.5) is 13.2 Å². The van der Waals surface area contributed by atoms with E-state index in [0.717, 1.165) is 18.2 Å². The largest absolute Gasteiger partial charge is 0.573 e. The van der Waals surface area contributed by atoms with E-state index >= 15 is 0 Å². The van der Waals surface area contributed by atoms with Gasteiger partial charge in [0.25, 0.3) is 0 Å². The molecule has 0 unspecified atom stereocenters. The molecule has 0 fully saturated rings. The molecule has 0 bridgehead atoms. The van der Waals surface area contributed by atoms with Crippen molar-refractivity contribution in [1.29, 1.82) is 0 Å². The molecule has 0 aliphatic rings. The summed E-state index contributed by atoms with van der Waals surface area (Å²) in [7, 11) is 0. The molecule has 0 spiro atoms. The van der Waals surface area contributed by atoms with E-state index in [4.69, 9.17) is 11.6 Å². The summed E-state index contributed by atoms with van der Waals surface area (Å²) in [5, 5.41) is 0. The van der Waals surface area contributed by atoms with Gasteiger partial charge in [-0.3, -0.25) is 9.59 Å². The second-order valence-corrected chi connectivity index (χ2v) is 3.25. The van der Waals surface area contributed by atoms with Crippen LogP contribution in [0.2, 0.25) is 0 Å². The van der Waals surface area contributed by atoms with E-state index in [-0.39, 0.29) is 11.1 Å². The van der Waals surface area contributed by atoms with Gasteiger partial charge >= 0.3 is 6.36 Å². The highest BCUT2D eigenvalue weighted by Crippen LogP contribution is 2.27. The molecular formula is C10H6ClF3O3. The van der Waals surface area contributed by atoms with E-state index in [1.54, 1.807) is 0 Å². The zero-order chi connectivity index (χ0) is 13.1. The van der Waals surface area contributed by atoms with Crippen molar-refractivity contribution in [1.82, 2.24) is 0 Å². The molecule has 0 N–H and O–H groups in total. The quantitative estimate of drug-likeness (QED) is 0.478. The number of carbonyl (C=O) groups is 2. The molecule has 0 radical (unpaired) electrons. The number of hydrogen-bond acceptors (Lipinski definition) is 3. The average molecular weight is 267 g/mol. The van der Waals surface area contributed by atoms with Crippen molar-refractivity contribution in [3.63, 3.8) is 0 Å². The summed E-state index contributed by atoms with van der Waals surface area (Å²) >= 11 is 5.25. The maximum absolute atomic E-state index is 12.0. The van der Waals surface area contributed by atoms with Crippen LogP contribution in [0.25, 0.3) is 0 Å². The molecule has 7 heteroatoms. The van der Waals surface area contributed by atoms with Gasteiger partial charge < -0.3 is 4.74 Å². The zero-order valence-corrected chi connectivity index (χ0v) is 9.01. The van der Waals surface area contributed by atoms with Gasteiger partial charge in [-0.2, -0.15) is 0 Å². The minimum Gasteiger partial charge on any atom is -0.405 e. The van der Waals surface area contributed by atoms with Crippen LogP contribution in [0, 0.1) is 0 Å². The number of hydrogen-bond donors (Lipinski definition) is 0. The smallest absolute Gasteiger partial charge is 0.405 e. The van der Waals surface area contributed by atoms with Crippen molar-refractivity contribution in [2.75, 3.05) is 5.88 Å². The lowest BCUT2D eigenvalue weighted by atomic mass is 10.1. The van der Waals surface area contributed by atoms with Gasteiger partial charge in [-0.1, -0.05) is 0 Å². The molecule has 0 saturated heterocycles. The molecule has 3 nitrogen and oxygen atoms in total. The third kappa shape index (κ3) is 3.74. The highest BCUT2D eigenvalue weighted by atomic mass is 35.5. The number of Topliss-reactive ketones (excluding diaryl/α,β-unsaturated/α-hetero) is 1. The summed E-state index contributed by atoms with van der Waals surface area (Å²) in [6, 6.07) is 3.01. The predicted molar refractivity (Wildman–Crippen MR) is 53.6 cm³/mol. The van der Waals surface area contributed by atoms with Crippen LogP contribution < -0.4 is 4.74 Å². The Hall–Kier alpha value is -1.56. The summed E-state index contributed by atoms with van der Waals surface area (Å²) in [6.07, 6.45) is -4.51. The number of rotatable bonds is 4. The van der Waals surface area contributed by atoms with Gasteiger partial charge in [0.15, 0.2) is 5.78 Å². The van der Waals surface area contributed by atoms with Crippen molar-refractivity contribution in [2.24, 2.45) is 0 Å². The number of carbonyl (C=O) groups excluding carboxylic acids is 2. The van der Waals surface area contributed by atoms with Crippen molar-refractivity contribution in [2.45, 2.75) is 6.36 Å². The summed E-state index contributed by atoms with van der Waals surface area (Å²) in [6.45, 7) is 0. The fraction of sp³-hybridized carbons (Fsp3) is 0.200. The highest BCUT2D eigenvalue weighted by Gasteiger charge is 2.32. The molecule has 0 saturated carbocycles. The molecule has 0 aromatic heterocycles. The molecule has 0 amide bonds. The van der Waals surface area contributed by atoms with Gasteiger partial charge in [0.1, 0.15) is 12.0 Å². The topological polar surface area (TPSA) is 43.4 Å². The highest BCUT2D eigenvalue weighted by molar-refractivity contribution is 6.30. The monoisotopic (exact) mass is 266 g/mol. The minimum absolute atomic E-state index is 0.0630. The Bertz CT molecular complexity index is 443. The predicted octanol–water partition coefficient (Wildman–Crippen LogP) is 2.82. The van der Waals surface area contributed by atoms with Gasteiger partial charge in [-0.25, -0.2) is 0 Å². The summed E-state index contributed by atoms with van der Waals surface area (Å²) in [5.41, 5.74) is -0.310. The molecule has 0 aliphatic carbocycles. The Kier molecular flexibility index (Phi) is 4.11. The number of alkyl halides is 4. The van der Waals surface area contributed by atoms with Crippen molar-refractivity contribution < 1.29 is 27.5 Å². The second-order valence-electron chi connectivity index (χ2n) is 2.98. The van der Waals surface area contributed by atoms with Crippen LogP contribution in [-0.4, -0.2) is 24.3 Å². The summed E-state index contributed by atoms with van der Waals surface area (Å²) in [4.78, 5) is 21.8. The summed E-state index contributed by atoms with van der Waals surface area (Å²) < 4.78 is 39.8. The molecule has 1 aromatic rings. The van der Waals surface area contributed by atoms with Crippen molar-refractivity contribution in [3.05, 3.63) is 29.3 Å². The maximum Gasteiger partial charge on any atom is 0.573 e. The lowest BCUT2D eigenvalue weighted by Crippen LogP contribution is -2.19. The first-order valence-electron chi connectivity index (χ1n) is 4.31. The van der Waals surface area contributed by atoms with E-state index in [9.17, 15) is 22.8 Å². The number of ether oxygens (including phenoxy) is 1. The molecule has 92 valence electrons. The Morgan fingerprint density at radius 3 is 2.53 bits per heavy atom. The Morgan fingerprint density at radius 1 is 1.41 bits per heavy atom. The normalized spacial score (nSPS) is 11.1. The van der Waals surface area contributed by atoms with Gasteiger partial charge in [0.05, 0.1) is 11.4 Å². The first-order chi connectivity index (χ1) is 7.87. The molecule has 0 heterocycles. The SMILES string of the molecule is O=Cc1ccc(OC(F)(F)F)c(C(=O)CCl)c1. The average Bonchev–Trinajstić information content (AvgIpc) is 2.26. The standard InChI is InChI=1S/C10H6ClF3O3/c11-4-8(16)7-3-6(5-15)1-2-9(7)17-10(12,13)14/h1-3,5H,4H2. The van der Waals surface area contributed by atoms with E-state index in [1.807, 2.05) is 0 Å². The van der Waals surface area contributed by atoms with E-state index in [0.29, 0.717) is 6.29 Å². The van der Waals surface area contributed by atoms with Crippen LogP contribution in [0.1, 0.15) is 20.7 Å². The number of benzene rings is 1. The third-order valence-corrected chi connectivity index (χ3v) is 2.03.